The average molecular weight is 369 g/mol. The van der Waals surface area contributed by atoms with Gasteiger partial charge in [-0.1, -0.05) is 0 Å². The maximum absolute atomic E-state index is 7.06. The van der Waals surface area contributed by atoms with Gasteiger partial charge in [-0.15, -0.1) is 0 Å². The Kier molecular flexibility index (Phi) is 3.56. The van der Waals surface area contributed by atoms with E-state index in [1.54, 1.807) is 0 Å². The Balaban J connectivity index is 1.94. The monoisotopic (exact) mass is 369 g/mol. The molecule has 0 radical (unpaired) electrons. The summed E-state index contributed by atoms with van der Waals surface area (Å²) in [4.78, 5) is 0. The minimum atomic E-state index is -3.38. The second kappa shape index (κ2) is 5.97. The number of benzene rings is 4. The molecule has 4 aromatic rings. The van der Waals surface area contributed by atoms with E-state index >= 15 is 0 Å². The first-order chi connectivity index (χ1) is 13.3. The van der Waals surface area contributed by atoms with Crippen LogP contribution >= 0.6 is 6.98 Å². The third-order valence-corrected chi connectivity index (χ3v) is 10.3. The number of fused-ring (bicyclic) bond motifs is 1. The predicted molar refractivity (Wildman–Crippen MR) is 116 cm³/mol. The van der Waals surface area contributed by atoms with Crippen molar-refractivity contribution in [3.05, 3.63) is 115 Å². The van der Waals surface area contributed by atoms with Crippen molar-refractivity contribution in [2.45, 2.75) is 0 Å². The van der Waals surface area contributed by atoms with Crippen LogP contribution in [0.15, 0.2) is 115 Å². The van der Waals surface area contributed by atoms with Gasteiger partial charge in [0.1, 0.15) is 0 Å². The van der Waals surface area contributed by atoms with Crippen molar-refractivity contribution in [1.82, 2.24) is 0 Å². The molecule has 0 fully saturated rings. The fourth-order valence-corrected chi connectivity index (χ4v) is 9.09. The number of hydrogen-bond acceptors (Lipinski definition) is 2. The van der Waals surface area contributed by atoms with Gasteiger partial charge in [-0.05, 0) is 0 Å². The van der Waals surface area contributed by atoms with Crippen molar-refractivity contribution in [2.24, 2.45) is 0 Å². The Hall–Kier alpha value is -3.09. The Morgan fingerprint density at radius 1 is 0.481 bits per heavy atom. The summed E-state index contributed by atoms with van der Waals surface area (Å²) >= 11 is 0. The molecular weight excluding hydrogens is 349 g/mol. The molecule has 2 nitrogen and oxygen atoms in total. The summed E-state index contributed by atoms with van der Waals surface area (Å²) in [5.74, 6) is 0.895. The molecule has 1 heterocycles. The van der Waals surface area contributed by atoms with Crippen LogP contribution in [0.5, 0.6) is 5.75 Å². The first-order valence-corrected chi connectivity index (χ1v) is 11.2. The van der Waals surface area contributed by atoms with Gasteiger partial charge in [-0.25, -0.2) is 0 Å². The second-order valence-corrected chi connectivity index (χ2v) is 10.8. The summed E-state index contributed by atoms with van der Waals surface area (Å²) < 4.78 is 7.06. The summed E-state index contributed by atoms with van der Waals surface area (Å²) in [5.41, 5.74) is 1.03. The summed E-state index contributed by atoms with van der Waals surface area (Å²) in [6.07, 6.45) is 0. The topological polar surface area (TPSA) is 21.3 Å². The molecule has 1 aliphatic heterocycles. The van der Waals surface area contributed by atoms with Gasteiger partial charge in [0.15, 0.2) is 0 Å². The molecule has 0 unspecified atom stereocenters. The molecule has 1 aliphatic rings. The van der Waals surface area contributed by atoms with E-state index in [9.17, 15) is 0 Å². The molecule has 3 heteroatoms. The number of anilines is 1. The normalized spacial score (nSPS) is 17.6. The summed E-state index contributed by atoms with van der Waals surface area (Å²) in [6.45, 7) is -3.38. The van der Waals surface area contributed by atoms with Crippen molar-refractivity contribution in [2.75, 3.05) is 5.09 Å². The minimum absolute atomic E-state index is 0.895. The Morgan fingerprint density at radius 3 is 1.33 bits per heavy atom. The van der Waals surface area contributed by atoms with Gasteiger partial charge in [-0.2, -0.15) is 0 Å². The van der Waals surface area contributed by atoms with Crippen LogP contribution < -0.4 is 25.5 Å². The molecule has 0 aliphatic carbocycles. The molecule has 5 rings (SSSR count). The van der Waals surface area contributed by atoms with E-state index in [1.165, 1.54) is 0 Å². The molecule has 0 aromatic heterocycles. The molecule has 0 spiro atoms. The standard InChI is InChI=1S/C24H20NOP/c1-4-12-20(13-5-1)27(21-14-6-2-7-15-21,22-16-8-3-9-17-22)25-23-18-10-11-19-24(23)26-27/h1-19,25H. The Bertz CT molecular complexity index is 952. The number of nitrogens with one attached hydrogen (secondary N) is 1. The van der Waals surface area contributed by atoms with Crippen LogP contribution in [0, 0.1) is 0 Å². The molecule has 4 aromatic carbocycles. The van der Waals surface area contributed by atoms with Gasteiger partial charge < -0.3 is 0 Å². The van der Waals surface area contributed by atoms with Gasteiger partial charge in [0.25, 0.3) is 0 Å². The van der Waals surface area contributed by atoms with Gasteiger partial charge in [-0.3, -0.25) is 0 Å². The fraction of sp³-hybridized carbons (Fsp3) is 0. The van der Waals surface area contributed by atoms with Gasteiger partial charge in [0, 0.05) is 0 Å². The zero-order chi connectivity index (χ0) is 18.2. The van der Waals surface area contributed by atoms with E-state index < -0.39 is 6.98 Å². The molecule has 27 heavy (non-hydrogen) atoms. The first kappa shape index (κ1) is 16.1. The first-order valence-electron chi connectivity index (χ1n) is 9.09. The van der Waals surface area contributed by atoms with Crippen LogP contribution in [0.1, 0.15) is 0 Å². The van der Waals surface area contributed by atoms with E-state index in [-0.39, 0.29) is 0 Å². The fourth-order valence-electron chi connectivity index (χ4n) is 4.02. The van der Waals surface area contributed by atoms with Gasteiger partial charge in [0.05, 0.1) is 0 Å². The van der Waals surface area contributed by atoms with Crippen LogP contribution in [0.3, 0.4) is 0 Å². The Labute approximate surface area is 159 Å². The number of rotatable bonds is 3. The SMILES string of the molecule is c1ccc(P2(c3ccccc3)(c3ccccc3)Nc3ccccc3O2)cc1. The average Bonchev–Trinajstić information content (AvgIpc) is 3.14. The van der Waals surface area contributed by atoms with Crippen LogP contribution in [-0.4, -0.2) is 0 Å². The van der Waals surface area contributed by atoms with Crippen molar-refractivity contribution in [1.29, 1.82) is 0 Å². The van der Waals surface area contributed by atoms with E-state index in [0.29, 0.717) is 0 Å². The van der Waals surface area contributed by atoms with E-state index in [2.05, 4.69) is 102 Å². The van der Waals surface area contributed by atoms with Crippen LogP contribution in [0.4, 0.5) is 5.69 Å². The van der Waals surface area contributed by atoms with Gasteiger partial charge >= 0.3 is 159 Å². The maximum atomic E-state index is 7.06. The molecule has 1 N–H and O–H groups in total. The van der Waals surface area contributed by atoms with Crippen LogP contribution in [-0.2, 0) is 0 Å². The summed E-state index contributed by atoms with van der Waals surface area (Å²) in [5, 5.41) is 7.41. The molecule has 0 amide bonds. The number of hydrogen-bond donors (Lipinski definition) is 1. The van der Waals surface area contributed by atoms with E-state index in [4.69, 9.17) is 4.52 Å². The van der Waals surface area contributed by atoms with E-state index in [1.807, 2.05) is 18.2 Å². The van der Waals surface area contributed by atoms with Crippen LogP contribution in [0.25, 0.3) is 0 Å². The van der Waals surface area contributed by atoms with Crippen molar-refractivity contribution in [3.63, 3.8) is 0 Å². The zero-order valence-electron chi connectivity index (χ0n) is 14.8. The third kappa shape index (κ3) is 2.17. The Morgan fingerprint density at radius 2 is 0.889 bits per heavy atom. The van der Waals surface area contributed by atoms with E-state index in [0.717, 1.165) is 27.4 Å². The number of para-hydroxylation sites is 2. The second-order valence-electron chi connectivity index (χ2n) is 6.74. The molecular formula is C24H20NOP. The predicted octanol–water partition coefficient (Wildman–Crippen LogP) is 4.85. The van der Waals surface area contributed by atoms with Gasteiger partial charge in [0.2, 0.25) is 0 Å². The van der Waals surface area contributed by atoms with Crippen molar-refractivity contribution >= 4 is 28.6 Å². The molecule has 0 atom stereocenters. The summed E-state index contributed by atoms with van der Waals surface area (Å²) in [6, 6.07) is 40.0. The molecule has 0 saturated heterocycles. The molecule has 0 saturated carbocycles. The van der Waals surface area contributed by atoms with Crippen molar-refractivity contribution < 1.29 is 4.52 Å². The van der Waals surface area contributed by atoms with Crippen LogP contribution in [0.2, 0.25) is 0 Å². The van der Waals surface area contributed by atoms with Crippen molar-refractivity contribution in [3.8, 4) is 5.75 Å². The summed E-state index contributed by atoms with van der Waals surface area (Å²) in [7, 11) is 0. The third-order valence-electron chi connectivity index (χ3n) is 5.25. The molecule has 0 bridgehead atoms. The molecule has 132 valence electrons. The zero-order valence-corrected chi connectivity index (χ0v) is 15.7. The quantitative estimate of drug-likeness (QED) is 0.521.